The van der Waals surface area contributed by atoms with E-state index in [0.29, 0.717) is 11.1 Å². The van der Waals surface area contributed by atoms with Crippen LogP contribution in [0.15, 0.2) is 48.5 Å². The highest BCUT2D eigenvalue weighted by Gasteiger charge is 2.30. The van der Waals surface area contributed by atoms with E-state index in [-0.39, 0.29) is 6.42 Å². The zero-order valence-electron chi connectivity index (χ0n) is 10.4. The predicted molar refractivity (Wildman–Crippen MR) is 66.5 cm³/mol. The summed E-state index contributed by atoms with van der Waals surface area (Å²) in [6.45, 7) is 0. The number of halogens is 4. The largest absolute Gasteiger partial charge is 0.416 e. The summed E-state index contributed by atoms with van der Waals surface area (Å²) >= 11 is 0. The Kier molecular flexibility index (Phi) is 4.09. The molecule has 0 amide bonds. The molecule has 0 fully saturated rings. The van der Waals surface area contributed by atoms with Gasteiger partial charge in [0.2, 0.25) is 0 Å². The molecule has 0 heterocycles. The molecule has 2 aromatic carbocycles. The van der Waals surface area contributed by atoms with Crippen molar-refractivity contribution >= 4 is 0 Å². The first-order valence-electron chi connectivity index (χ1n) is 5.96. The van der Waals surface area contributed by atoms with E-state index in [4.69, 9.17) is 0 Å². The van der Waals surface area contributed by atoms with E-state index in [1.165, 1.54) is 30.3 Å². The first kappa shape index (κ1) is 14.5. The van der Waals surface area contributed by atoms with Gasteiger partial charge < -0.3 is 5.11 Å². The van der Waals surface area contributed by atoms with Crippen molar-refractivity contribution in [1.29, 1.82) is 0 Å². The van der Waals surface area contributed by atoms with Crippen LogP contribution in [0.25, 0.3) is 0 Å². The Labute approximate surface area is 113 Å². The Morgan fingerprint density at radius 1 is 1.00 bits per heavy atom. The highest BCUT2D eigenvalue weighted by molar-refractivity contribution is 5.27. The molecular weight excluding hydrogens is 272 g/mol. The van der Waals surface area contributed by atoms with Gasteiger partial charge in [0.15, 0.2) is 0 Å². The molecule has 0 spiro atoms. The smallest absolute Gasteiger partial charge is 0.388 e. The lowest BCUT2D eigenvalue weighted by atomic mass is 10.0. The summed E-state index contributed by atoms with van der Waals surface area (Å²) < 4.78 is 50.2. The summed E-state index contributed by atoms with van der Waals surface area (Å²) in [7, 11) is 0. The molecule has 0 bridgehead atoms. The summed E-state index contributed by atoms with van der Waals surface area (Å²) in [5.74, 6) is -0.415. The van der Waals surface area contributed by atoms with Gasteiger partial charge in [0.25, 0.3) is 0 Å². The van der Waals surface area contributed by atoms with Crippen molar-refractivity contribution in [3.8, 4) is 0 Å². The van der Waals surface area contributed by atoms with Crippen LogP contribution in [0.4, 0.5) is 17.6 Å². The normalized spacial score (nSPS) is 13.2. The van der Waals surface area contributed by atoms with E-state index in [2.05, 4.69) is 0 Å². The molecule has 5 heteroatoms. The molecule has 0 saturated heterocycles. The summed E-state index contributed by atoms with van der Waals surface area (Å²) in [5, 5.41) is 9.95. The maximum Gasteiger partial charge on any atom is 0.416 e. The van der Waals surface area contributed by atoms with Gasteiger partial charge in [-0.05, 0) is 35.4 Å². The maximum absolute atomic E-state index is 13.0. The van der Waals surface area contributed by atoms with Crippen LogP contribution in [0.3, 0.4) is 0 Å². The molecule has 0 aliphatic rings. The van der Waals surface area contributed by atoms with Crippen molar-refractivity contribution in [3.05, 3.63) is 71.0 Å². The van der Waals surface area contributed by atoms with E-state index >= 15 is 0 Å². The number of alkyl halides is 3. The number of aliphatic hydroxyl groups is 1. The zero-order valence-corrected chi connectivity index (χ0v) is 10.4. The van der Waals surface area contributed by atoms with Crippen LogP contribution in [-0.4, -0.2) is 5.11 Å². The van der Waals surface area contributed by atoms with Crippen molar-refractivity contribution in [2.45, 2.75) is 18.7 Å². The Bertz CT molecular complexity index is 575. The predicted octanol–water partition coefficient (Wildman–Crippen LogP) is 4.12. The van der Waals surface area contributed by atoms with Crippen molar-refractivity contribution < 1.29 is 22.7 Å². The average molecular weight is 284 g/mol. The summed E-state index contributed by atoms with van der Waals surface area (Å²) in [5.41, 5.74) is 0.180. The first-order valence-corrected chi connectivity index (χ1v) is 5.96. The molecule has 0 aliphatic heterocycles. The number of rotatable bonds is 3. The quantitative estimate of drug-likeness (QED) is 0.841. The van der Waals surface area contributed by atoms with E-state index in [1.54, 1.807) is 6.07 Å². The fourth-order valence-corrected chi connectivity index (χ4v) is 1.90. The Balaban J connectivity index is 2.11. The monoisotopic (exact) mass is 284 g/mol. The minimum atomic E-state index is -4.40. The second kappa shape index (κ2) is 5.63. The zero-order chi connectivity index (χ0) is 14.8. The third-order valence-electron chi connectivity index (χ3n) is 2.94. The molecule has 0 aromatic heterocycles. The van der Waals surface area contributed by atoms with Gasteiger partial charge in [-0.2, -0.15) is 13.2 Å². The average Bonchev–Trinajstić information content (AvgIpc) is 2.38. The van der Waals surface area contributed by atoms with Crippen LogP contribution < -0.4 is 0 Å². The second-order valence-electron chi connectivity index (χ2n) is 4.47. The third-order valence-corrected chi connectivity index (χ3v) is 2.94. The van der Waals surface area contributed by atoms with Gasteiger partial charge in [0.05, 0.1) is 11.7 Å². The number of aliphatic hydroxyl groups excluding tert-OH is 1. The molecule has 106 valence electrons. The van der Waals surface area contributed by atoms with E-state index in [0.717, 1.165) is 12.1 Å². The van der Waals surface area contributed by atoms with E-state index in [1.807, 2.05) is 0 Å². The van der Waals surface area contributed by atoms with E-state index < -0.39 is 23.7 Å². The molecule has 0 radical (unpaired) electrons. The van der Waals surface area contributed by atoms with E-state index in [9.17, 15) is 22.7 Å². The SMILES string of the molecule is OC(Cc1cccc(F)c1)c1ccc(C(F)(F)F)cc1. The molecule has 1 atom stereocenters. The van der Waals surface area contributed by atoms with Gasteiger partial charge in [-0.1, -0.05) is 24.3 Å². The molecule has 1 nitrogen and oxygen atoms in total. The van der Waals surface area contributed by atoms with Gasteiger partial charge in [-0.3, -0.25) is 0 Å². The van der Waals surface area contributed by atoms with Crippen molar-refractivity contribution in [3.63, 3.8) is 0 Å². The molecule has 2 rings (SSSR count). The summed E-state index contributed by atoms with van der Waals surface area (Å²) in [6.07, 6.45) is -5.23. The maximum atomic E-state index is 13.0. The Morgan fingerprint density at radius 2 is 1.65 bits per heavy atom. The lowest BCUT2D eigenvalue weighted by Crippen LogP contribution is -2.06. The second-order valence-corrected chi connectivity index (χ2v) is 4.47. The Morgan fingerprint density at radius 3 is 2.20 bits per heavy atom. The first-order chi connectivity index (χ1) is 9.36. The summed E-state index contributed by atoms with van der Waals surface area (Å²) in [4.78, 5) is 0. The van der Waals surface area contributed by atoms with Gasteiger partial charge >= 0.3 is 6.18 Å². The van der Waals surface area contributed by atoms with Crippen LogP contribution in [0.2, 0.25) is 0 Å². The lowest BCUT2D eigenvalue weighted by molar-refractivity contribution is -0.137. The van der Waals surface area contributed by atoms with Crippen LogP contribution in [0.1, 0.15) is 22.8 Å². The molecule has 1 unspecified atom stereocenters. The number of hydrogen-bond donors (Lipinski definition) is 1. The molecule has 0 saturated carbocycles. The van der Waals surface area contributed by atoms with Crippen LogP contribution in [0.5, 0.6) is 0 Å². The fourth-order valence-electron chi connectivity index (χ4n) is 1.90. The fraction of sp³-hybridized carbons (Fsp3) is 0.200. The standard InChI is InChI=1S/C15H12F4O/c16-13-3-1-2-10(8-13)9-14(20)11-4-6-12(7-5-11)15(17,18)19/h1-8,14,20H,9H2. The van der Waals surface area contributed by atoms with Crippen LogP contribution in [-0.2, 0) is 12.6 Å². The minimum absolute atomic E-state index is 0.142. The number of benzene rings is 2. The van der Waals surface area contributed by atoms with Gasteiger partial charge in [-0.25, -0.2) is 4.39 Å². The Hall–Kier alpha value is -1.88. The number of hydrogen-bond acceptors (Lipinski definition) is 1. The van der Waals surface area contributed by atoms with Crippen molar-refractivity contribution in [2.24, 2.45) is 0 Å². The molecule has 2 aromatic rings. The molecule has 0 aliphatic carbocycles. The molecular formula is C15H12F4O. The topological polar surface area (TPSA) is 20.2 Å². The highest BCUT2D eigenvalue weighted by atomic mass is 19.4. The van der Waals surface area contributed by atoms with Gasteiger partial charge in [-0.15, -0.1) is 0 Å². The van der Waals surface area contributed by atoms with Crippen LogP contribution in [0, 0.1) is 5.82 Å². The molecule has 20 heavy (non-hydrogen) atoms. The lowest BCUT2D eigenvalue weighted by Gasteiger charge is -2.13. The summed E-state index contributed by atoms with van der Waals surface area (Å²) in [6, 6.07) is 10.0. The van der Waals surface area contributed by atoms with Gasteiger partial charge in [0, 0.05) is 6.42 Å². The van der Waals surface area contributed by atoms with Crippen molar-refractivity contribution in [1.82, 2.24) is 0 Å². The molecule has 1 N–H and O–H groups in total. The third kappa shape index (κ3) is 3.57. The highest BCUT2D eigenvalue weighted by Crippen LogP contribution is 2.30. The van der Waals surface area contributed by atoms with Gasteiger partial charge in [0.1, 0.15) is 5.82 Å². The van der Waals surface area contributed by atoms with Crippen molar-refractivity contribution in [2.75, 3.05) is 0 Å². The minimum Gasteiger partial charge on any atom is -0.388 e. The van der Waals surface area contributed by atoms with Crippen LogP contribution >= 0.6 is 0 Å².